The Labute approximate surface area is 159 Å². The molecule has 0 aliphatic carbocycles. The van der Waals surface area contributed by atoms with Gasteiger partial charge in [-0.1, -0.05) is 38.1 Å². The fraction of sp³-hybridized carbons (Fsp3) is 0.400. The van der Waals surface area contributed by atoms with Crippen LogP contribution in [0.25, 0.3) is 5.78 Å². The van der Waals surface area contributed by atoms with Crippen molar-refractivity contribution in [2.75, 3.05) is 13.1 Å². The van der Waals surface area contributed by atoms with E-state index in [2.05, 4.69) is 51.3 Å². The normalized spacial score (nSPS) is 11.3. The topological polar surface area (TPSA) is 75.4 Å². The predicted octanol–water partition coefficient (Wildman–Crippen LogP) is 2.51. The number of nitrogens with zero attached hydrogens (tertiary/aromatic N) is 5. The minimum absolute atomic E-state index is 0.134. The van der Waals surface area contributed by atoms with E-state index in [-0.39, 0.29) is 11.7 Å². The molecule has 1 aromatic carbocycles. The third-order valence-electron chi connectivity index (χ3n) is 4.60. The van der Waals surface area contributed by atoms with Gasteiger partial charge in [-0.05, 0) is 44.1 Å². The van der Waals surface area contributed by atoms with Crippen LogP contribution in [0.15, 0.2) is 30.3 Å². The molecule has 1 N–H and O–H groups in total. The quantitative estimate of drug-likeness (QED) is 0.695. The average Bonchev–Trinajstić information content (AvgIpc) is 3.09. The van der Waals surface area contributed by atoms with Crippen LogP contribution in [0.2, 0.25) is 0 Å². The van der Waals surface area contributed by atoms with Crippen LogP contribution >= 0.6 is 0 Å². The zero-order chi connectivity index (χ0) is 19.4. The number of carbonyl (C=O) groups excluding carboxylic acids is 1. The van der Waals surface area contributed by atoms with E-state index >= 15 is 0 Å². The number of nitrogens with one attached hydrogen (secondary N) is 1. The monoisotopic (exact) mass is 366 g/mol. The van der Waals surface area contributed by atoms with Crippen molar-refractivity contribution in [2.24, 2.45) is 0 Å². The standard InChI is InChI=1S/C20H26N6O/c1-5-25(6-2)13-17-9-7-16(8-10-17)12-21-19(27)18-23-20-22-14(3)11-15(4)26(20)24-18/h7-11H,5-6,12-13H2,1-4H3,(H,21,27). The summed E-state index contributed by atoms with van der Waals surface area (Å²) in [5.74, 6) is 0.275. The fourth-order valence-corrected chi connectivity index (χ4v) is 2.99. The van der Waals surface area contributed by atoms with Crippen LogP contribution in [0, 0.1) is 13.8 Å². The number of aromatic nitrogens is 4. The van der Waals surface area contributed by atoms with Crippen LogP contribution in [0.4, 0.5) is 0 Å². The van der Waals surface area contributed by atoms with Crippen molar-refractivity contribution >= 4 is 11.7 Å². The lowest BCUT2D eigenvalue weighted by Crippen LogP contribution is -2.24. The summed E-state index contributed by atoms with van der Waals surface area (Å²) in [6.45, 7) is 11.6. The van der Waals surface area contributed by atoms with E-state index < -0.39 is 0 Å². The van der Waals surface area contributed by atoms with Gasteiger partial charge < -0.3 is 5.32 Å². The molecule has 0 aliphatic heterocycles. The molecule has 27 heavy (non-hydrogen) atoms. The fourth-order valence-electron chi connectivity index (χ4n) is 2.99. The Kier molecular flexibility index (Phi) is 5.81. The summed E-state index contributed by atoms with van der Waals surface area (Å²) in [7, 11) is 0. The van der Waals surface area contributed by atoms with Crippen molar-refractivity contribution in [3.63, 3.8) is 0 Å². The van der Waals surface area contributed by atoms with E-state index in [1.165, 1.54) is 5.56 Å². The summed E-state index contributed by atoms with van der Waals surface area (Å²) in [5, 5.41) is 7.13. The Bertz CT molecular complexity index is 928. The number of hydrogen-bond donors (Lipinski definition) is 1. The number of aryl methyl sites for hydroxylation is 2. The Morgan fingerprint density at radius 1 is 1.07 bits per heavy atom. The summed E-state index contributed by atoms with van der Waals surface area (Å²) in [6.07, 6.45) is 0. The molecule has 7 nitrogen and oxygen atoms in total. The van der Waals surface area contributed by atoms with Crippen molar-refractivity contribution in [1.82, 2.24) is 29.8 Å². The Hall–Kier alpha value is -2.80. The summed E-state index contributed by atoms with van der Waals surface area (Å²) >= 11 is 0. The summed E-state index contributed by atoms with van der Waals surface area (Å²) in [6, 6.07) is 10.2. The van der Waals surface area contributed by atoms with Crippen LogP contribution in [0.3, 0.4) is 0 Å². The van der Waals surface area contributed by atoms with Gasteiger partial charge in [-0.3, -0.25) is 9.69 Å². The van der Waals surface area contributed by atoms with Gasteiger partial charge in [-0.25, -0.2) is 9.50 Å². The number of rotatable bonds is 7. The lowest BCUT2D eigenvalue weighted by atomic mass is 10.1. The van der Waals surface area contributed by atoms with Crippen molar-refractivity contribution in [2.45, 2.75) is 40.8 Å². The van der Waals surface area contributed by atoms with E-state index in [1.54, 1.807) is 4.52 Å². The second-order valence-electron chi connectivity index (χ2n) is 6.65. The zero-order valence-corrected chi connectivity index (χ0v) is 16.4. The van der Waals surface area contributed by atoms with Crippen LogP contribution in [0.1, 0.15) is 47.0 Å². The van der Waals surface area contributed by atoms with Crippen molar-refractivity contribution in [3.8, 4) is 0 Å². The molecule has 3 rings (SSSR count). The van der Waals surface area contributed by atoms with Gasteiger partial charge in [-0.15, -0.1) is 5.10 Å². The van der Waals surface area contributed by atoms with E-state index in [1.807, 2.05) is 32.0 Å². The molecule has 3 aromatic rings. The highest BCUT2D eigenvalue weighted by atomic mass is 16.2. The first-order chi connectivity index (χ1) is 13.0. The third-order valence-corrected chi connectivity index (χ3v) is 4.60. The summed E-state index contributed by atoms with van der Waals surface area (Å²) in [4.78, 5) is 23.3. The van der Waals surface area contributed by atoms with Gasteiger partial charge in [0.2, 0.25) is 5.82 Å². The molecule has 0 spiro atoms. The highest BCUT2D eigenvalue weighted by Gasteiger charge is 2.14. The second kappa shape index (κ2) is 8.26. The SMILES string of the molecule is CCN(CC)Cc1ccc(CNC(=O)c2nc3nc(C)cc(C)n3n2)cc1. The lowest BCUT2D eigenvalue weighted by Gasteiger charge is -2.18. The van der Waals surface area contributed by atoms with E-state index in [4.69, 9.17) is 0 Å². The third kappa shape index (κ3) is 4.49. The van der Waals surface area contributed by atoms with Gasteiger partial charge in [0, 0.05) is 24.5 Å². The van der Waals surface area contributed by atoms with Gasteiger partial charge in [0.25, 0.3) is 11.7 Å². The van der Waals surface area contributed by atoms with E-state index in [0.717, 1.165) is 36.6 Å². The van der Waals surface area contributed by atoms with Gasteiger partial charge in [0.05, 0.1) is 0 Å². The molecule has 142 valence electrons. The number of fused-ring (bicyclic) bond motifs is 1. The summed E-state index contributed by atoms with van der Waals surface area (Å²) < 4.78 is 1.59. The van der Waals surface area contributed by atoms with Gasteiger partial charge >= 0.3 is 0 Å². The molecule has 7 heteroatoms. The van der Waals surface area contributed by atoms with Crippen LogP contribution in [-0.2, 0) is 13.1 Å². The first-order valence-electron chi connectivity index (χ1n) is 9.29. The maximum absolute atomic E-state index is 12.4. The summed E-state index contributed by atoms with van der Waals surface area (Å²) in [5.41, 5.74) is 4.06. The molecule has 0 atom stereocenters. The molecular weight excluding hydrogens is 340 g/mol. The molecule has 0 fully saturated rings. The maximum atomic E-state index is 12.4. The number of amides is 1. The molecule has 2 aromatic heterocycles. The van der Waals surface area contributed by atoms with Gasteiger partial charge in [0.15, 0.2) is 0 Å². The second-order valence-corrected chi connectivity index (χ2v) is 6.65. The van der Waals surface area contributed by atoms with Crippen molar-refractivity contribution in [1.29, 1.82) is 0 Å². The minimum Gasteiger partial charge on any atom is -0.345 e. The molecule has 0 radical (unpaired) electrons. The van der Waals surface area contributed by atoms with Gasteiger partial charge in [0.1, 0.15) is 0 Å². The molecule has 1 amide bonds. The molecule has 0 aliphatic rings. The minimum atomic E-state index is -0.301. The smallest absolute Gasteiger partial charge is 0.291 e. The number of carbonyl (C=O) groups is 1. The molecular formula is C20H26N6O. The molecule has 0 unspecified atom stereocenters. The largest absolute Gasteiger partial charge is 0.345 e. The zero-order valence-electron chi connectivity index (χ0n) is 16.4. The van der Waals surface area contributed by atoms with Crippen LogP contribution in [0.5, 0.6) is 0 Å². The number of benzene rings is 1. The molecule has 0 bridgehead atoms. The highest BCUT2D eigenvalue weighted by Crippen LogP contribution is 2.09. The Balaban J connectivity index is 1.63. The molecule has 0 saturated carbocycles. The van der Waals surface area contributed by atoms with Gasteiger partial charge in [-0.2, -0.15) is 4.98 Å². The molecule has 2 heterocycles. The Morgan fingerprint density at radius 2 is 1.74 bits per heavy atom. The molecule has 0 saturated heterocycles. The van der Waals surface area contributed by atoms with Crippen LogP contribution < -0.4 is 5.32 Å². The van der Waals surface area contributed by atoms with E-state index in [9.17, 15) is 4.79 Å². The first-order valence-corrected chi connectivity index (χ1v) is 9.29. The Morgan fingerprint density at radius 3 is 2.41 bits per heavy atom. The predicted molar refractivity (Wildman–Crippen MR) is 104 cm³/mol. The first kappa shape index (κ1) is 19.0. The lowest BCUT2D eigenvalue weighted by molar-refractivity contribution is 0.0940. The van der Waals surface area contributed by atoms with Crippen molar-refractivity contribution < 1.29 is 4.79 Å². The number of hydrogen-bond acceptors (Lipinski definition) is 5. The maximum Gasteiger partial charge on any atom is 0.291 e. The average molecular weight is 366 g/mol. The van der Waals surface area contributed by atoms with Crippen molar-refractivity contribution in [3.05, 3.63) is 58.7 Å². The van der Waals surface area contributed by atoms with E-state index in [0.29, 0.717) is 12.3 Å². The highest BCUT2D eigenvalue weighted by molar-refractivity contribution is 5.90. The van der Waals surface area contributed by atoms with Crippen LogP contribution in [-0.4, -0.2) is 43.5 Å².